The Labute approximate surface area is 116 Å². The van der Waals surface area contributed by atoms with Crippen LogP contribution in [0.1, 0.15) is 39.7 Å². The summed E-state index contributed by atoms with van der Waals surface area (Å²) in [5.41, 5.74) is 1.77. The van der Waals surface area contributed by atoms with Crippen LogP contribution in [0.4, 0.5) is 0 Å². The van der Waals surface area contributed by atoms with Crippen LogP contribution in [-0.4, -0.2) is 18.1 Å². The Kier molecular flexibility index (Phi) is 6.07. The molecule has 0 fully saturated rings. The third-order valence-electron chi connectivity index (χ3n) is 2.95. The molecule has 0 amide bonds. The molecule has 0 saturated carbocycles. The number of aryl methyl sites for hydroxylation is 1. The second-order valence-corrected chi connectivity index (χ2v) is 7.34. The summed E-state index contributed by atoms with van der Waals surface area (Å²) >= 11 is 1.84. The number of hydrogen-bond donors (Lipinski definition) is 0. The van der Waals surface area contributed by atoms with Gasteiger partial charge in [0.2, 0.25) is 0 Å². The Hall–Kier alpha value is -0.630. The lowest BCUT2D eigenvalue weighted by molar-refractivity contribution is 0.321. The Bertz CT molecular complexity index is 354. The molecule has 2 heteroatoms. The topological polar surface area (TPSA) is 9.23 Å². The predicted octanol–water partition coefficient (Wildman–Crippen LogP) is 4.80. The maximum atomic E-state index is 5.81. The Balaban J connectivity index is 2.51. The highest BCUT2D eigenvalue weighted by Crippen LogP contribution is 2.23. The second kappa shape index (κ2) is 7.08. The summed E-state index contributed by atoms with van der Waals surface area (Å²) in [6.45, 7) is 9.83. The van der Waals surface area contributed by atoms with Gasteiger partial charge in [0.15, 0.2) is 0 Å². The first kappa shape index (κ1) is 15.4. The zero-order chi connectivity index (χ0) is 13.6. The van der Waals surface area contributed by atoms with Gasteiger partial charge in [-0.2, -0.15) is 11.8 Å². The first-order valence-corrected chi connectivity index (χ1v) is 7.94. The largest absolute Gasteiger partial charge is 0.492 e. The first-order valence-electron chi connectivity index (χ1n) is 6.65. The van der Waals surface area contributed by atoms with E-state index < -0.39 is 0 Å². The van der Waals surface area contributed by atoms with Crippen molar-refractivity contribution in [2.24, 2.45) is 5.41 Å². The molecule has 0 heterocycles. The number of thioether (sulfide) groups is 1. The molecule has 0 N–H and O–H groups in total. The molecule has 102 valence electrons. The molecule has 0 spiro atoms. The van der Waals surface area contributed by atoms with Gasteiger partial charge in [-0.3, -0.25) is 0 Å². The Morgan fingerprint density at radius 2 is 2.00 bits per heavy atom. The van der Waals surface area contributed by atoms with Crippen LogP contribution in [0.2, 0.25) is 0 Å². The van der Waals surface area contributed by atoms with Crippen molar-refractivity contribution in [2.45, 2.75) is 45.8 Å². The fraction of sp³-hybridized carbons (Fsp3) is 0.625. The minimum Gasteiger partial charge on any atom is -0.492 e. The maximum absolute atomic E-state index is 5.81. The highest BCUT2D eigenvalue weighted by Gasteiger charge is 2.10. The van der Waals surface area contributed by atoms with Crippen molar-refractivity contribution in [1.82, 2.24) is 0 Å². The van der Waals surface area contributed by atoms with E-state index in [1.165, 1.54) is 12.0 Å². The standard InChI is InChI=1S/C16H26OS/c1-13(18-5)12-17-15-8-6-7-14(11-15)9-10-16(2,3)4/h6-8,11,13H,9-10,12H2,1-5H3. The van der Waals surface area contributed by atoms with E-state index in [1.54, 1.807) is 0 Å². The fourth-order valence-electron chi connectivity index (χ4n) is 1.59. The SMILES string of the molecule is CSC(C)COc1cccc(CCC(C)(C)C)c1. The van der Waals surface area contributed by atoms with E-state index in [4.69, 9.17) is 4.74 Å². The Morgan fingerprint density at radius 1 is 1.28 bits per heavy atom. The molecule has 1 rings (SSSR count). The van der Waals surface area contributed by atoms with Crippen molar-refractivity contribution in [3.8, 4) is 5.75 Å². The maximum Gasteiger partial charge on any atom is 0.119 e. The quantitative estimate of drug-likeness (QED) is 0.731. The molecule has 0 bridgehead atoms. The van der Waals surface area contributed by atoms with Crippen molar-refractivity contribution in [1.29, 1.82) is 0 Å². The van der Waals surface area contributed by atoms with Crippen LogP contribution in [0.15, 0.2) is 24.3 Å². The second-order valence-electron chi connectivity index (χ2n) is 6.07. The molecule has 0 aliphatic carbocycles. The van der Waals surface area contributed by atoms with Crippen molar-refractivity contribution in [3.63, 3.8) is 0 Å². The van der Waals surface area contributed by atoms with Gasteiger partial charge in [0.1, 0.15) is 5.75 Å². The summed E-state index contributed by atoms with van der Waals surface area (Å²) in [6.07, 6.45) is 4.45. The number of benzene rings is 1. The van der Waals surface area contributed by atoms with Crippen LogP contribution < -0.4 is 4.74 Å². The van der Waals surface area contributed by atoms with Gasteiger partial charge in [-0.15, -0.1) is 0 Å². The van der Waals surface area contributed by atoms with Gasteiger partial charge in [-0.25, -0.2) is 0 Å². The molecule has 1 unspecified atom stereocenters. The average molecular weight is 266 g/mol. The van der Waals surface area contributed by atoms with Gasteiger partial charge in [-0.05, 0) is 42.2 Å². The lowest BCUT2D eigenvalue weighted by atomic mass is 9.89. The van der Waals surface area contributed by atoms with Crippen molar-refractivity contribution < 1.29 is 4.74 Å². The van der Waals surface area contributed by atoms with Crippen LogP contribution in [0.25, 0.3) is 0 Å². The number of hydrogen-bond acceptors (Lipinski definition) is 2. The van der Waals surface area contributed by atoms with Crippen molar-refractivity contribution in [3.05, 3.63) is 29.8 Å². The third-order valence-corrected chi connectivity index (χ3v) is 3.89. The minimum atomic E-state index is 0.393. The molecule has 1 aromatic rings. The molecule has 1 atom stereocenters. The smallest absolute Gasteiger partial charge is 0.119 e. The summed E-state index contributed by atoms with van der Waals surface area (Å²) in [5, 5.41) is 0.545. The van der Waals surface area contributed by atoms with E-state index in [1.807, 2.05) is 17.8 Å². The molecule has 0 radical (unpaired) electrons. The summed E-state index contributed by atoms with van der Waals surface area (Å²) in [7, 11) is 0. The van der Waals surface area contributed by atoms with E-state index in [9.17, 15) is 0 Å². The van der Waals surface area contributed by atoms with Crippen LogP contribution in [0.5, 0.6) is 5.75 Å². The van der Waals surface area contributed by atoms with Crippen LogP contribution in [0, 0.1) is 5.41 Å². The van der Waals surface area contributed by atoms with Gasteiger partial charge in [0, 0.05) is 5.25 Å². The zero-order valence-electron chi connectivity index (χ0n) is 12.3. The van der Waals surface area contributed by atoms with Crippen molar-refractivity contribution in [2.75, 3.05) is 12.9 Å². The third kappa shape index (κ3) is 6.34. The molecular formula is C16H26OS. The molecule has 1 aromatic carbocycles. The molecular weight excluding hydrogens is 240 g/mol. The lowest BCUT2D eigenvalue weighted by Crippen LogP contribution is -2.10. The molecule has 1 nitrogen and oxygen atoms in total. The van der Waals surface area contributed by atoms with Crippen molar-refractivity contribution >= 4 is 11.8 Å². The monoisotopic (exact) mass is 266 g/mol. The predicted molar refractivity (Wildman–Crippen MR) is 82.7 cm³/mol. The van der Waals surface area contributed by atoms with Gasteiger partial charge in [0.05, 0.1) is 6.61 Å². The number of ether oxygens (including phenoxy) is 1. The van der Waals surface area contributed by atoms with Gasteiger partial charge in [0.25, 0.3) is 0 Å². The zero-order valence-corrected chi connectivity index (χ0v) is 13.1. The van der Waals surface area contributed by atoms with E-state index in [2.05, 4.69) is 52.1 Å². The number of rotatable bonds is 6. The fourth-order valence-corrected chi connectivity index (χ4v) is 1.80. The van der Waals surface area contributed by atoms with E-state index in [0.29, 0.717) is 10.7 Å². The first-order chi connectivity index (χ1) is 8.40. The highest BCUT2D eigenvalue weighted by molar-refractivity contribution is 7.99. The summed E-state index contributed by atoms with van der Waals surface area (Å²) < 4.78 is 5.81. The van der Waals surface area contributed by atoms with Gasteiger partial charge >= 0.3 is 0 Å². The molecule has 0 aromatic heterocycles. The summed E-state index contributed by atoms with van der Waals surface area (Å²) in [4.78, 5) is 0. The summed E-state index contributed by atoms with van der Waals surface area (Å²) in [5.74, 6) is 1.00. The van der Waals surface area contributed by atoms with Crippen LogP contribution in [-0.2, 0) is 6.42 Å². The summed E-state index contributed by atoms with van der Waals surface area (Å²) in [6, 6.07) is 8.51. The normalized spacial score (nSPS) is 13.4. The van der Waals surface area contributed by atoms with Gasteiger partial charge in [-0.1, -0.05) is 39.8 Å². The van der Waals surface area contributed by atoms with Crippen LogP contribution >= 0.6 is 11.8 Å². The van der Waals surface area contributed by atoms with Gasteiger partial charge < -0.3 is 4.74 Å². The molecule has 0 aliphatic rings. The lowest BCUT2D eigenvalue weighted by Gasteiger charge is -2.18. The molecule has 18 heavy (non-hydrogen) atoms. The van der Waals surface area contributed by atoms with E-state index in [-0.39, 0.29) is 0 Å². The molecule has 0 saturated heterocycles. The van der Waals surface area contributed by atoms with E-state index in [0.717, 1.165) is 18.8 Å². The Morgan fingerprint density at radius 3 is 2.61 bits per heavy atom. The molecule has 0 aliphatic heterocycles. The highest BCUT2D eigenvalue weighted by atomic mass is 32.2. The average Bonchev–Trinajstić information content (AvgIpc) is 2.33. The minimum absolute atomic E-state index is 0.393. The van der Waals surface area contributed by atoms with E-state index >= 15 is 0 Å². The van der Waals surface area contributed by atoms with Crippen LogP contribution in [0.3, 0.4) is 0 Å².